The number of rotatable bonds is 5. The highest BCUT2D eigenvalue weighted by Crippen LogP contribution is 2.39. The van der Waals surface area contributed by atoms with Gasteiger partial charge in [-0.3, -0.25) is 24.1 Å². The Morgan fingerprint density at radius 1 is 1.14 bits per heavy atom. The molecule has 2 fully saturated rings. The first-order chi connectivity index (χ1) is 13.5. The van der Waals surface area contributed by atoms with Crippen molar-refractivity contribution in [2.45, 2.75) is 25.7 Å². The van der Waals surface area contributed by atoms with Crippen LogP contribution in [0.3, 0.4) is 0 Å². The molecule has 0 bridgehead atoms. The lowest BCUT2D eigenvalue weighted by Gasteiger charge is -2.19. The van der Waals surface area contributed by atoms with E-state index in [2.05, 4.69) is 14.0 Å². The number of imide groups is 1. The van der Waals surface area contributed by atoms with Gasteiger partial charge < -0.3 is 10.1 Å². The fourth-order valence-corrected chi connectivity index (χ4v) is 4.35. The number of hydrogen-bond donors (Lipinski definition) is 1. The standard InChI is InChI=1S/C18H18N4O5S/c23-14(19-12-6-3-7-13-16(12)21-28-20-13)9-27-15(24)8-22-17(25)10-4-1-2-5-11(10)18(22)26/h3,6-7,10-11H,1-2,4-5,8-9H2,(H,19,23)/t10-,11-/m1/s1. The molecule has 0 aromatic heterocycles. The van der Waals surface area contributed by atoms with Crippen LogP contribution in [-0.4, -0.2) is 41.7 Å². The topological polar surface area (TPSA) is 118 Å². The van der Waals surface area contributed by atoms with Crippen molar-refractivity contribution in [3.63, 3.8) is 0 Å². The Kier molecular flexibility index (Phi) is 5.03. The molecule has 0 unspecified atom stereocenters. The van der Waals surface area contributed by atoms with Crippen LogP contribution in [0, 0.1) is 11.8 Å². The predicted molar refractivity (Wildman–Crippen MR) is 99.7 cm³/mol. The van der Waals surface area contributed by atoms with Crippen LogP contribution < -0.4 is 5.32 Å². The van der Waals surface area contributed by atoms with Gasteiger partial charge in [0.2, 0.25) is 11.8 Å². The minimum atomic E-state index is -0.788. The van der Waals surface area contributed by atoms with E-state index in [1.54, 1.807) is 18.2 Å². The van der Waals surface area contributed by atoms with Crippen LogP contribution in [-0.2, 0) is 35.3 Å². The number of carbonyl (C=O) groups excluding carboxylic acids is 4. The van der Waals surface area contributed by atoms with Gasteiger partial charge in [0.05, 0.1) is 28.9 Å². The first-order valence-electron chi connectivity index (χ1n) is 9.06. The quantitative estimate of drug-likeness (QED) is 0.607. The summed E-state index contributed by atoms with van der Waals surface area (Å²) in [6.07, 6.45) is 3.19. The van der Waals surface area contributed by atoms with Gasteiger partial charge in [0.15, 0.2) is 6.61 Å². The molecule has 0 spiro atoms. The van der Waals surface area contributed by atoms with Gasteiger partial charge in [-0.2, -0.15) is 8.73 Å². The molecule has 2 aliphatic heterocycles. The van der Waals surface area contributed by atoms with E-state index in [-0.39, 0.29) is 23.7 Å². The Balaban J connectivity index is 1.30. The van der Waals surface area contributed by atoms with Gasteiger partial charge in [-0.1, -0.05) is 18.9 Å². The Morgan fingerprint density at radius 2 is 1.86 bits per heavy atom. The molecule has 9 nitrogen and oxygen atoms in total. The zero-order valence-corrected chi connectivity index (χ0v) is 15.7. The van der Waals surface area contributed by atoms with Crippen LogP contribution in [0.25, 0.3) is 0 Å². The lowest BCUT2D eigenvalue weighted by molar-refractivity contribution is -0.154. The van der Waals surface area contributed by atoms with Crippen molar-refractivity contribution in [1.29, 1.82) is 0 Å². The van der Waals surface area contributed by atoms with Gasteiger partial charge in [-0.05, 0) is 25.0 Å². The number of ether oxygens (including phenoxy) is 1. The monoisotopic (exact) mass is 402 g/mol. The fraction of sp³-hybridized carbons (Fsp3) is 0.444. The zero-order valence-electron chi connectivity index (χ0n) is 14.9. The molecule has 1 aliphatic carbocycles. The van der Waals surface area contributed by atoms with Gasteiger partial charge in [-0.25, -0.2) is 0 Å². The summed E-state index contributed by atoms with van der Waals surface area (Å²) < 4.78 is 13.2. The maximum Gasteiger partial charge on any atom is 0.326 e. The van der Waals surface area contributed by atoms with Crippen LogP contribution in [0.5, 0.6) is 0 Å². The van der Waals surface area contributed by atoms with Crippen LogP contribution in [0.4, 0.5) is 17.1 Å². The Bertz CT molecular complexity index is 916. The summed E-state index contributed by atoms with van der Waals surface area (Å²) in [5.74, 6) is -2.57. The van der Waals surface area contributed by atoms with E-state index >= 15 is 0 Å². The molecule has 0 radical (unpaired) electrons. The van der Waals surface area contributed by atoms with Crippen LogP contribution in [0.1, 0.15) is 25.7 Å². The molecular weight excluding hydrogens is 384 g/mol. The highest BCUT2D eigenvalue weighted by molar-refractivity contribution is 7.58. The van der Waals surface area contributed by atoms with Crippen molar-refractivity contribution in [2.75, 3.05) is 18.5 Å². The molecule has 28 heavy (non-hydrogen) atoms. The van der Waals surface area contributed by atoms with Crippen molar-refractivity contribution in [3.8, 4) is 0 Å². The highest BCUT2D eigenvalue weighted by atomic mass is 32.1. The Labute approximate surface area is 164 Å². The summed E-state index contributed by atoms with van der Waals surface area (Å²) in [7, 11) is 0. The minimum Gasteiger partial charge on any atom is -0.454 e. The van der Waals surface area contributed by atoms with Gasteiger partial charge in [0, 0.05) is 0 Å². The van der Waals surface area contributed by atoms with Gasteiger partial charge in [-0.15, -0.1) is 0 Å². The summed E-state index contributed by atoms with van der Waals surface area (Å²) in [5, 5.41) is 2.62. The first kappa shape index (κ1) is 18.5. The van der Waals surface area contributed by atoms with Crippen LogP contribution in [0.2, 0.25) is 0 Å². The molecule has 10 heteroatoms. The average molecular weight is 402 g/mol. The smallest absolute Gasteiger partial charge is 0.326 e. The molecule has 1 N–H and O–H groups in total. The molecule has 2 heterocycles. The number of carbonyl (C=O) groups is 4. The second-order valence-electron chi connectivity index (χ2n) is 6.91. The normalized spacial score (nSPS) is 22.5. The van der Waals surface area contributed by atoms with E-state index in [1.807, 2.05) is 0 Å². The predicted octanol–water partition coefficient (Wildman–Crippen LogP) is 2.07. The largest absolute Gasteiger partial charge is 0.454 e. The number of benzene rings is 1. The SMILES string of the molecule is O=C(COC(=O)CN1C(=O)[C@@H]2CCCC[C@H]2C1=O)Nc1cccc2c1N=S=N2. The third-order valence-corrected chi connectivity index (χ3v) is 5.69. The van der Waals surface area contributed by atoms with Gasteiger partial charge >= 0.3 is 5.97 Å². The molecule has 3 aliphatic rings. The summed E-state index contributed by atoms with van der Waals surface area (Å²) in [4.78, 5) is 49.8. The van der Waals surface area contributed by atoms with E-state index in [0.717, 1.165) is 29.1 Å². The van der Waals surface area contributed by atoms with E-state index < -0.39 is 25.0 Å². The number of fused-ring (bicyclic) bond motifs is 2. The van der Waals surface area contributed by atoms with Gasteiger partial charge in [0.25, 0.3) is 5.91 Å². The summed E-state index contributed by atoms with van der Waals surface area (Å²) in [5.41, 5.74) is 1.69. The molecule has 1 aromatic rings. The maximum absolute atomic E-state index is 12.4. The van der Waals surface area contributed by atoms with Crippen LogP contribution >= 0.6 is 0 Å². The van der Waals surface area contributed by atoms with E-state index in [4.69, 9.17) is 4.74 Å². The number of anilines is 1. The fourth-order valence-electron chi connectivity index (χ4n) is 3.80. The number of nitrogens with one attached hydrogen (secondary N) is 1. The summed E-state index contributed by atoms with van der Waals surface area (Å²) in [6.45, 7) is -0.973. The van der Waals surface area contributed by atoms with Crippen LogP contribution in [0.15, 0.2) is 26.9 Å². The summed E-state index contributed by atoms with van der Waals surface area (Å²) in [6, 6.07) is 5.18. The van der Waals surface area contributed by atoms with Crippen molar-refractivity contribution >= 4 is 52.1 Å². The number of likely N-dealkylation sites (tertiary alicyclic amines) is 1. The third kappa shape index (κ3) is 3.47. The summed E-state index contributed by atoms with van der Waals surface area (Å²) >= 11 is 1.03. The third-order valence-electron chi connectivity index (χ3n) is 5.14. The minimum absolute atomic E-state index is 0.307. The molecule has 1 aromatic carbocycles. The molecule has 146 valence electrons. The molecule has 4 rings (SSSR count). The van der Waals surface area contributed by atoms with Crippen molar-refractivity contribution in [1.82, 2.24) is 4.90 Å². The van der Waals surface area contributed by atoms with E-state index in [1.165, 1.54) is 0 Å². The number of esters is 1. The number of hydrogen-bond acceptors (Lipinski definition) is 7. The number of amides is 3. The second kappa shape index (κ2) is 7.63. The lowest BCUT2D eigenvalue weighted by atomic mass is 9.81. The highest BCUT2D eigenvalue weighted by Gasteiger charge is 2.48. The second-order valence-corrected chi connectivity index (χ2v) is 7.43. The number of nitrogens with zero attached hydrogens (tertiary/aromatic N) is 3. The van der Waals surface area contributed by atoms with Crippen molar-refractivity contribution < 1.29 is 23.9 Å². The molecule has 1 saturated carbocycles. The lowest BCUT2D eigenvalue weighted by Crippen LogP contribution is -2.37. The Hall–Kier alpha value is -2.88. The van der Waals surface area contributed by atoms with E-state index in [0.29, 0.717) is 29.9 Å². The maximum atomic E-state index is 12.4. The van der Waals surface area contributed by atoms with Gasteiger partial charge in [0.1, 0.15) is 17.9 Å². The molecule has 3 amide bonds. The molecule has 2 atom stereocenters. The first-order valence-corrected chi connectivity index (χ1v) is 9.79. The van der Waals surface area contributed by atoms with E-state index in [9.17, 15) is 19.2 Å². The molecular formula is C18H18N4O5S. The average Bonchev–Trinajstić information content (AvgIpc) is 3.27. The molecule has 1 saturated heterocycles. The zero-order chi connectivity index (χ0) is 19.7. The Morgan fingerprint density at radius 3 is 2.57 bits per heavy atom. The van der Waals surface area contributed by atoms with Crippen molar-refractivity contribution in [2.24, 2.45) is 20.6 Å². The van der Waals surface area contributed by atoms with Crippen molar-refractivity contribution in [3.05, 3.63) is 18.2 Å².